The van der Waals surface area contributed by atoms with E-state index in [9.17, 15) is 4.79 Å². The second kappa shape index (κ2) is 5.54. The van der Waals surface area contributed by atoms with Crippen molar-refractivity contribution < 1.29 is 9.53 Å². The molecule has 0 spiro atoms. The predicted octanol–water partition coefficient (Wildman–Crippen LogP) is 1.11. The summed E-state index contributed by atoms with van der Waals surface area (Å²) in [5, 5.41) is 12.3. The fourth-order valence-electron chi connectivity index (χ4n) is 1.61. The van der Waals surface area contributed by atoms with Gasteiger partial charge >= 0.3 is 0 Å². The molecule has 0 amide bonds. The Morgan fingerprint density at radius 1 is 1.25 bits per heavy atom. The van der Waals surface area contributed by atoms with Gasteiger partial charge in [-0.1, -0.05) is 19.6 Å². The van der Waals surface area contributed by atoms with E-state index in [0.717, 1.165) is 11.2 Å². The van der Waals surface area contributed by atoms with E-state index < -0.39 is 8.07 Å². The Morgan fingerprint density at radius 2 is 1.90 bits per heavy atom. The van der Waals surface area contributed by atoms with Crippen molar-refractivity contribution in [3.8, 4) is 5.75 Å². The number of carbonyl (C=O) groups excluding carboxylic acids is 1. The lowest BCUT2D eigenvalue weighted by atomic mass is 10.1. The Morgan fingerprint density at radius 3 is 2.40 bits per heavy atom. The van der Waals surface area contributed by atoms with E-state index in [1.54, 1.807) is 31.4 Å². The van der Waals surface area contributed by atoms with Gasteiger partial charge in [0.25, 0.3) is 0 Å². The Bertz CT molecular complexity index is 602. The van der Waals surface area contributed by atoms with E-state index in [1.165, 1.54) is 4.80 Å². The summed E-state index contributed by atoms with van der Waals surface area (Å²) in [5.74, 6) is 0.675. The topological polar surface area (TPSA) is 69.9 Å². The molecule has 0 N–H and O–H groups in total. The summed E-state index contributed by atoms with van der Waals surface area (Å²) >= 11 is 0. The zero-order valence-electron chi connectivity index (χ0n) is 12.1. The molecule has 0 aliphatic rings. The summed E-state index contributed by atoms with van der Waals surface area (Å²) in [5.41, 5.74) is 1.37. The number of rotatable bonds is 5. The fourth-order valence-corrected chi connectivity index (χ4v) is 2.37. The first-order valence-corrected chi connectivity index (χ1v) is 9.85. The molecule has 0 saturated heterocycles. The molecule has 1 aromatic heterocycles. The summed E-state index contributed by atoms with van der Waals surface area (Å²) < 4.78 is 5.06. The molecule has 0 aliphatic carbocycles. The second-order valence-corrected chi connectivity index (χ2v) is 10.5. The van der Waals surface area contributed by atoms with E-state index in [0.29, 0.717) is 5.56 Å². The SMILES string of the molecule is COc1ccc(C(=O)Cn2nnc([Si](C)(C)C)n2)cc1. The lowest BCUT2D eigenvalue weighted by Gasteiger charge is -2.08. The zero-order valence-corrected chi connectivity index (χ0v) is 13.1. The second-order valence-electron chi connectivity index (χ2n) is 5.55. The predicted molar refractivity (Wildman–Crippen MR) is 78.1 cm³/mol. The highest BCUT2D eigenvalue weighted by Crippen LogP contribution is 2.12. The standard InChI is InChI=1S/C13H18N4O2Si/c1-19-11-7-5-10(6-8-11)12(18)9-17-15-13(14-16-17)20(2,3)4/h5-8H,9H2,1-4H3. The average Bonchev–Trinajstić information content (AvgIpc) is 2.87. The first-order chi connectivity index (χ1) is 9.40. The molecule has 0 aliphatic heterocycles. The van der Waals surface area contributed by atoms with Crippen LogP contribution in [0, 0.1) is 0 Å². The van der Waals surface area contributed by atoms with Crippen LogP contribution in [-0.4, -0.2) is 41.2 Å². The van der Waals surface area contributed by atoms with Gasteiger partial charge in [0, 0.05) is 5.56 Å². The fraction of sp³-hybridized carbons (Fsp3) is 0.385. The van der Waals surface area contributed by atoms with Crippen molar-refractivity contribution in [2.45, 2.75) is 26.2 Å². The first kappa shape index (κ1) is 14.4. The first-order valence-electron chi connectivity index (χ1n) is 6.35. The van der Waals surface area contributed by atoms with E-state index in [2.05, 4.69) is 35.1 Å². The summed E-state index contributed by atoms with van der Waals surface area (Å²) in [6.07, 6.45) is 0. The number of carbonyl (C=O) groups is 1. The summed E-state index contributed by atoms with van der Waals surface area (Å²) in [6, 6.07) is 6.99. The molecule has 7 heteroatoms. The number of aromatic nitrogens is 4. The van der Waals surface area contributed by atoms with Crippen LogP contribution >= 0.6 is 0 Å². The largest absolute Gasteiger partial charge is 0.497 e. The number of tetrazole rings is 1. The molecular formula is C13H18N4O2Si. The summed E-state index contributed by atoms with van der Waals surface area (Å²) in [4.78, 5) is 13.5. The van der Waals surface area contributed by atoms with Crippen molar-refractivity contribution in [3.63, 3.8) is 0 Å². The average molecular weight is 290 g/mol. The molecule has 6 nitrogen and oxygen atoms in total. The van der Waals surface area contributed by atoms with Crippen LogP contribution in [0.25, 0.3) is 0 Å². The molecule has 2 rings (SSSR count). The van der Waals surface area contributed by atoms with Gasteiger partial charge < -0.3 is 4.74 Å². The van der Waals surface area contributed by atoms with Crippen molar-refractivity contribution >= 4 is 19.3 Å². The molecular weight excluding hydrogens is 272 g/mol. The van der Waals surface area contributed by atoms with Gasteiger partial charge in [0.05, 0.1) is 7.11 Å². The minimum Gasteiger partial charge on any atom is -0.497 e. The molecule has 106 valence electrons. The highest BCUT2D eigenvalue weighted by atomic mass is 28.3. The van der Waals surface area contributed by atoms with Gasteiger partial charge in [-0.05, 0) is 29.5 Å². The summed E-state index contributed by atoms with van der Waals surface area (Å²) in [6.45, 7) is 6.52. The van der Waals surface area contributed by atoms with Crippen LogP contribution in [-0.2, 0) is 6.54 Å². The Labute approximate surface area is 118 Å². The van der Waals surface area contributed by atoms with Crippen molar-refractivity contribution in [1.29, 1.82) is 0 Å². The molecule has 0 radical (unpaired) electrons. The Hall–Kier alpha value is -2.02. The van der Waals surface area contributed by atoms with Crippen LogP contribution in [0.1, 0.15) is 10.4 Å². The number of ketones is 1. The third-order valence-corrected chi connectivity index (χ3v) is 4.36. The summed E-state index contributed by atoms with van der Waals surface area (Å²) in [7, 11) is 0.00276. The maximum atomic E-state index is 12.1. The van der Waals surface area contributed by atoms with Crippen LogP contribution in [0.5, 0.6) is 5.75 Å². The normalized spacial score (nSPS) is 11.4. The number of hydrogen-bond donors (Lipinski definition) is 0. The van der Waals surface area contributed by atoms with Crippen molar-refractivity contribution in [1.82, 2.24) is 20.2 Å². The van der Waals surface area contributed by atoms with E-state index in [4.69, 9.17) is 4.74 Å². The number of ether oxygens (including phenoxy) is 1. The molecule has 0 unspecified atom stereocenters. The maximum absolute atomic E-state index is 12.1. The van der Waals surface area contributed by atoms with Crippen molar-refractivity contribution in [3.05, 3.63) is 29.8 Å². The molecule has 0 fully saturated rings. The van der Waals surface area contributed by atoms with Crippen LogP contribution in [0.15, 0.2) is 24.3 Å². The van der Waals surface area contributed by atoms with Gasteiger partial charge in [-0.25, -0.2) is 0 Å². The number of methoxy groups -OCH3 is 1. The van der Waals surface area contributed by atoms with Crippen LogP contribution in [0.3, 0.4) is 0 Å². The van der Waals surface area contributed by atoms with Crippen LogP contribution < -0.4 is 10.2 Å². The van der Waals surface area contributed by atoms with Gasteiger partial charge in [0.1, 0.15) is 20.4 Å². The third kappa shape index (κ3) is 3.30. The van der Waals surface area contributed by atoms with Crippen LogP contribution in [0.2, 0.25) is 19.6 Å². The number of Topliss-reactive ketones (excluding diaryl/α,β-unsaturated/α-hetero) is 1. The van der Waals surface area contributed by atoms with Gasteiger partial charge in [-0.2, -0.15) is 4.80 Å². The van der Waals surface area contributed by atoms with Gasteiger partial charge in [0.15, 0.2) is 11.2 Å². The molecule has 2 aromatic rings. The van der Waals surface area contributed by atoms with Crippen molar-refractivity contribution in [2.75, 3.05) is 7.11 Å². The lowest BCUT2D eigenvalue weighted by Crippen LogP contribution is -2.41. The monoisotopic (exact) mass is 290 g/mol. The van der Waals surface area contributed by atoms with Crippen molar-refractivity contribution in [2.24, 2.45) is 0 Å². The molecule has 1 aromatic carbocycles. The smallest absolute Gasteiger partial charge is 0.186 e. The van der Waals surface area contributed by atoms with Crippen LogP contribution in [0.4, 0.5) is 0 Å². The highest BCUT2D eigenvalue weighted by Gasteiger charge is 2.23. The molecule has 0 bridgehead atoms. The zero-order chi connectivity index (χ0) is 14.8. The van der Waals surface area contributed by atoms with Gasteiger partial charge in [0.2, 0.25) is 0 Å². The maximum Gasteiger partial charge on any atom is 0.186 e. The minimum atomic E-state index is -1.59. The Balaban J connectivity index is 2.09. The molecule has 20 heavy (non-hydrogen) atoms. The third-order valence-electron chi connectivity index (χ3n) is 2.82. The number of hydrogen-bond acceptors (Lipinski definition) is 5. The Kier molecular flexibility index (Phi) is 3.98. The molecule has 0 atom stereocenters. The van der Waals surface area contributed by atoms with E-state index in [-0.39, 0.29) is 12.3 Å². The quantitative estimate of drug-likeness (QED) is 0.609. The molecule has 0 saturated carbocycles. The van der Waals surface area contributed by atoms with Gasteiger partial charge in [-0.3, -0.25) is 4.79 Å². The minimum absolute atomic E-state index is 0.0489. The lowest BCUT2D eigenvalue weighted by molar-refractivity contribution is 0.0961. The molecule has 1 heterocycles. The highest BCUT2D eigenvalue weighted by molar-refractivity contribution is 6.87. The van der Waals surface area contributed by atoms with E-state index in [1.807, 2.05) is 0 Å². The van der Waals surface area contributed by atoms with E-state index >= 15 is 0 Å². The van der Waals surface area contributed by atoms with Gasteiger partial charge in [-0.15, -0.1) is 10.2 Å². The number of nitrogens with zero attached hydrogens (tertiary/aromatic N) is 4. The number of benzene rings is 1.